The number of unbranched alkanes of at least 4 members (excludes halogenated alkanes) is 30. The second-order valence-electron chi connectivity index (χ2n) is 20.8. The van der Waals surface area contributed by atoms with Gasteiger partial charge in [0.2, 0.25) is 5.91 Å². The van der Waals surface area contributed by atoms with Crippen LogP contribution in [0.1, 0.15) is 265 Å². The summed E-state index contributed by atoms with van der Waals surface area (Å²) in [6.07, 6.45) is 59.3. The Morgan fingerprint density at radius 1 is 0.507 bits per heavy atom. The Hall–Kier alpha value is -2.03. The normalized spacial score (nSPS) is 14.1. The third-order valence-electron chi connectivity index (χ3n) is 12.7. The van der Waals surface area contributed by atoms with Crippen molar-refractivity contribution in [1.82, 2.24) is 5.32 Å². The van der Waals surface area contributed by atoms with Crippen LogP contribution < -0.4 is 10.2 Å². The van der Waals surface area contributed by atoms with E-state index in [4.69, 9.17) is 13.8 Å². The molecule has 3 atom stereocenters. The number of amides is 1. The lowest BCUT2D eigenvalue weighted by Crippen LogP contribution is -2.47. The summed E-state index contributed by atoms with van der Waals surface area (Å²) in [5, 5.41) is 3.01. The minimum absolute atomic E-state index is 0.0245. The highest BCUT2D eigenvalue weighted by atomic mass is 31.2. The summed E-state index contributed by atoms with van der Waals surface area (Å²) in [5.41, 5.74) is 0. The van der Waals surface area contributed by atoms with Gasteiger partial charge in [0.25, 0.3) is 7.82 Å². The summed E-state index contributed by atoms with van der Waals surface area (Å²) in [5.74, 6) is -0.553. The number of rotatable bonds is 52. The van der Waals surface area contributed by atoms with Crippen LogP contribution in [0.5, 0.6) is 0 Å². The molecular weight excluding hydrogens is 880 g/mol. The molecule has 0 spiro atoms. The number of nitrogens with zero attached hydrogens (tertiary/aromatic N) is 1. The third kappa shape index (κ3) is 50.7. The molecule has 0 saturated heterocycles. The molecule has 0 aliphatic rings. The minimum Gasteiger partial charge on any atom is -0.756 e. The zero-order chi connectivity index (χ0) is 50.8. The lowest BCUT2D eigenvalue weighted by Gasteiger charge is -2.30. The molecule has 0 bridgehead atoms. The molecule has 10 heteroatoms. The third-order valence-corrected chi connectivity index (χ3v) is 13.7. The number of nitrogens with one attached hydrogen (secondary N) is 1. The molecule has 0 saturated carbocycles. The number of hydrogen-bond acceptors (Lipinski definition) is 7. The number of phosphoric ester groups is 1. The Bertz CT molecular complexity index is 1330. The lowest BCUT2D eigenvalue weighted by molar-refractivity contribution is -0.870. The van der Waals surface area contributed by atoms with E-state index in [1.807, 2.05) is 33.3 Å². The van der Waals surface area contributed by atoms with Crippen molar-refractivity contribution in [3.8, 4) is 0 Å². The summed E-state index contributed by atoms with van der Waals surface area (Å²) in [6.45, 7) is 6.78. The number of likely N-dealkylation sites (N-methyl/N-ethyl adjacent to an activating group) is 1. The standard InChI is InChI=1S/C59H111N2O7P/c1-7-10-13-16-19-22-25-27-28-29-30-31-32-34-37-40-43-46-49-52-59(63)68-57(50-47-44-41-38-36-33-26-23-20-17-14-11-8-2)56(55-67-69(64,65)66-54-53-61(4,5)6)60-58(62)51-48-45-42-39-35-24-21-18-15-12-9-3/h18-19,21-22,27-28,47,50,56-57H,7-17,20,23-26,29-46,48-49,51-55H2,1-6H3,(H-,60,62,64,65)/b21-18-,22-19-,28-27-,50-47-. The topological polar surface area (TPSA) is 114 Å². The van der Waals surface area contributed by atoms with Gasteiger partial charge in [0.15, 0.2) is 0 Å². The van der Waals surface area contributed by atoms with Crippen molar-refractivity contribution in [2.75, 3.05) is 40.9 Å². The van der Waals surface area contributed by atoms with Crippen LogP contribution in [0, 0.1) is 0 Å². The van der Waals surface area contributed by atoms with E-state index in [0.717, 1.165) is 96.3 Å². The molecular formula is C59H111N2O7P. The highest BCUT2D eigenvalue weighted by molar-refractivity contribution is 7.45. The number of phosphoric acid groups is 1. The molecule has 0 aliphatic heterocycles. The SMILES string of the molecule is CCCC/C=C\CCCCCCCC(=O)NC(COP(=O)([O-])OCC[N+](C)(C)C)C(/C=C\CCCCCCCCCCCCC)OC(=O)CCCCCCCCCCC/C=C\C/C=C\CCCCC. The van der Waals surface area contributed by atoms with E-state index in [0.29, 0.717) is 17.4 Å². The predicted octanol–water partition coefficient (Wildman–Crippen LogP) is 16.7. The van der Waals surface area contributed by atoms with Gasteiger partial charge in [-0.1, -0.05) is 217 Å². The Balaban J connectivity index is 5.30. The first-order chi connectivity index (χ1) is 33.4. The van der Waals surface area contributed by atoms with Gasteiger partial charge in [-0.05, 0) is 83.1 Å². The summed E-state index contributed by atoms with van der Waals surface area (Å²) in [4.78, 5) is 39.8. The fourth-order valence-corrected chi connectivity index (χ4v) is 8.90. The highest BCUT2D eigenvalue weighted by Crippen LogP contribution is 2.38. The van der Waals surface area contributed by atoms with Gasteiger partial charge in [0.1, 0.15) is 19.3 Å². The van der Waals surface area contributed by atoms with Gasteiger partial charge >= 0.3 is 5.97 Å². The van der Waals surface area contributed by atoms with Gasteiger partial charge in [-0.15, -0.1) is 0 Å². The molecule has 0 aromatic carbocycles. The fourth-order valence-electron chi connectivity index (χ4n) is 8.18. The molecule has 0 aliphatic carbocycles. The van der Waals surface area contributed by atoms with E-state index in [1.54, 1.807) is 0 Å². The van der Waals surface area contributed by atoms with Crippen LogP contribution in [0.3, 0.4) is 0 Å². The number of carbonyl (C=O) groups excluding carboxylic acids is 2. The number of allylic oxidation sites excluding steroid dienone is 7. The second kappa shape index (κ2) is 49.5. The van der Waals surface area contributed by atoms with Crippen molar-refractivity contribution < 1.29 is 37.3 Å². The van der Waals surface area contributed by atoms with Gasteiger partial charge in [-0.25, -0.2) is 0 Å². The Morgan fingerprint density at radius 3 is 1.39 bits per heavy atom. The molecule has 0 aromatic rings. The van der Waals surface area contributed by atoms with Crippen LogP contribution in [0.2, 0.25) is 0 Å². The van der Waals surface area contributed by atoms with E-state index in [1.165, 1.54) is 135 Å². The van der Waals surface area contributed by atoms with Crippen molar-refractivity contribution in [3.63, 3.8) is 0 Å². The predicted molar refractivity (Wildman–Crippen MR) is 293 cm³/mol. The molecule has 1 N–H and O–H groups in total. The van der Waals surface area contributed by atoms with Crippen molar-refractivity contribution in [2.24, 2.45) is 0 Å². The number of esters is 1. The van der Waals surface area contributed by atoms with Crippen LogP contribution in [-0.2, 0) is 27.9 Å². The van der Waals surface area contributed by atoms with Gasteiger partial charge in [-0.3, -0.25) is 14.2 Å². The monoisotopic (exact) mass is 991 g/mol. The molecule has 0 heterocycles. The van der Waals surface area contributed by atoms with E-state index >= 15 is 0 Å². The Morgan fingerprint density at radius 2 is 0.899 bits per heavy atom. The maximum absolute atomic E-state index is 13.4. The van der Waals surface area contributed by atoms with Crippen LogP contribution >= 0.6 is 7.82 Å². The highest BCUT2D eigenvalue weighted by Gasteiger charge is 2.27. The van der Waals surface area contributed by atoms with Crippen LogP contribution in [0.4, 0.5) is 0 Å². The van der Waals surface area contributed by atoms with Crippen molar-refractivity contribution in [1.29, 1.82) is 0 Å². The summed E-state index contributed by atoms with van der Waals surface area (Å²) in [6, 6.07) is -0.892. The number of hydrogen-bond donors (Lipinski definition) is 1. The molecule has 0 radical (unpaired) electrons. The smallest absolute Gasteiger partial charge is 0.306 e. The lowest BCUT2D eigenvalue weighted by atomic mass is 10.0. The summed E-state index contributed by atoms with van der Waals surface area (Å²) < 4.78 is 30.2. The zero-order valence-corrected chi connectivity index (χ0v) is 46.9. The molecule has 3 unspecified atom stereocenters. The molecule has 69 heavy (non-hydrogen) atoms. The average molecular weight is 992 g/mol. The van der Waals surface area contributed by atoms with Crippen LogP contribution in [-0.4, -0.2) is 69.4 Å². The quantitative estimate of drug-likeness (QED) is 0.0212. The number of ether oxygens (including phenoxy) is 1. The van der Waals surface area contributed by atoms with E-state index in [9.17, 15) is 19.0 Å². The van der Waals surface area contributed by atoms with Gasteiger partial charge < -0.3 is 28.5 Å². The molecule has 1 amide bonds. The van der Waals surface area contributed by atoms with Gasteiger partial charge in [0, 0.05) is 12.8 Å². The maximum atomic E-state index is 13.4. The van der Waals surface area contributed by atoms with E-state index in [2.05, 4.69) is 62.5 Å². The second-order valence-corrected chi connectivity index (χ2v) is 22.2. The Labute approximate surface area is 427 Å². The van der Waals surface area contributed by atoms with Crippen molar-refractivity contribution >= 4 is 19.7 Å². The zero-order valence-electron chi connectivity index (χ0n) is 46.0. The molecule has 0 aromatic heterocycles. The summed E-state index contributed by atoms with van der Waals surface area (Å²) in [7, 11) is 1.18. The van der Waals surface area contributed by atoms with E-state index in [-0.39, 0.29) is 24.9 Å². The number of quaternary nitrogens is 1. The van der Waals surface area contributed by atoms with Gasteiger partial charge in [-0.2, -0.15) is 0 Å². The first-order valence-corrected chi connectivity index (χ1v) is 30.4. The average Bonchev–Trinajstić information content (AvgIpc) is 3.31. The van der Waals surface area contributed by atoms with Crippen molar-refractivity contribution in [2.45, 2.75) is 277 Å². The first-order valence-electron chi connectivity index (χ1n) is 28.9. The Kier molecular flexibility index (Phi) is 48.1. The number of carbonyl (C=O) groups is 2. The van der Waals surface area contributed by atoms with Crippen LogP contribution in [0.25, 0.3) is 0 Å². The molecule has 0 fully saturated rings. The summed E-state index contributed by atoms with van der Waals surface area (Å²) >= 11 is 0. The fraction of sp³-hybridized carbons (Fsp3) is 0.831. The molecule has 9 nitrogen and oxygen atoms in total. The van der Waals surface area contributed by atoms with E-state index < -0.39 is 26.6 Å². The first kappa shape index (κ1) is 67.0. The molecule has 0 rings (SSSR count). The minimum atomic E-state index is -4.69. The van der Waals surface area contributed by atoms with Gasteiger partial charge in [0.05, 0.1) is 33.8 Å². The van der Waals surface area contributed by atoms with Crippen LogP contribution in [0.15, 0.2) is 48.6 Å². The molecule has 404 valence electrons. The maximum Gasteiger partial charge on any atom is 0.306 e. The largest absolute Gasteiger partial charge is 0.756 e. The van der Waals surface area contributed by atoms with Crippen molar-refractivity contribution in [3.05, 3.63) is 48.6 Å².